The van der Waals surface area contributed by atoms with E-state index in [0.717, 1.165) is 17.5 Å². The van der Waals surface area contributed by atoms with Crippen LogP contribution in [0.3, 0.4) is 0 Å². The minimum atomic E-state index is 0.0533. The molecular formula is C9H15IO2. The first-order valence-corrected chi connectivity index (χ1v) is 5.90. The van der Waals surface area contributed by atoms with Crippen molar-refractivity contribution in [1.82, 2.24) is 0 Å². The van der Waals surface area contributed by atoms with Crippen molar-refractivity contribution >= 4 is 22.6 Å². The van der Waals surface area contributed by atoms with Crippen LogP contribution in [0, 0.1) is 0 Å². The molecule has 0 aromatic heterocycles. The molecule has 0 aromatic carbocycles. The van der Waals surface area contributed by atoms with Gasteiger partial charge >= 0.3 is 0 Å². The highest BCUT2D eigenvalue weighted by Crippen LogP contribution is 2.13. The molecule has 0 aliphatic carbocycles. The third-order valence-corrected chi connectivity index (χ3v) is 2.28. The molecule has 0 saturated carbocycles. The van der Waals surface area contributed by atoms with Gasteiger partial charge in [0, 0.05) is 11.0 Å². The van der Waals surface area contributed by atoms with Crippen LogP contribution in [0.4, 0.5) is 0 Å². The summed E-state index contributed by atoms with van der Waals surface area (Å²) in [5.41, 5.74) is 0. The Kier molecular flexibility index (Phi) is 5.98. The summed E-state index contributed by atoms with van der Waals surface area (Å²) in [5.74, 6) is 0. The lowest BCUT2D eigenvalue weighted by Gasteiger charge is -2.21. The van der Waals surface area contributed by atoms with Gasteiger partial charge in [-0.25, -0.2) is 0 Å². The van der Waals surface area contributed by atoms with E-state index < -0.39 is 0 Å². The topological polar surface area (TPSA) is 18.5 Å². The van der Waals surface area contributed by atoms with E-state index in [-0.39, 0.29) is 6.29 Å². The van der Waals surface area contributed by atoms with Gasteiger partial charge in [0.25, 0.3) is 0 Å². The summed E-state index contributed by atoms with van der Waals surface area (Å²) in [6.07, 6.45) is 7.67. The molecule has 1 atom stereocenters. The van der Waals surface area contributed by atoms with E-state index >= 15 is 0 Å². The van der Waals surface area contributed by atoms with E-state index in [0.29, 0.717) is 6.61 Å². The van der Waals surface area contributed by atoms with Gasteiger partial charge in [0.05, 0.1) is 6.61 Å². The molecule has 0 spiro atoms. The van der Waals surface area contributed by atoms with Crippen molar-refractivity contribution in [1.29, 1.82) is 0 Å². The monoisotopic (exact) mass is 282 g/mol. The van der Waals surface area contributed by atoms with Gasteiger partial charge in [-0.05, 0) is 19.3 Å². The molecule has 0 radical (unpaired) electrons. The lowest BCUT2D eigenvalue weighted by atomic mass is 10.2. The summed E-state index contributed by atoms with van der Waals surface area (Å²) in [6, 6.07) is 0. The van der Waals surface area contributed by atoms with Crippen LogP contribution in [-0.4, -0.2) is 23.9 Å². The number of ether oxygens (including phenoxy) is 2. The Morgan fingerprint density at radius 3 is 3.00 bits per heavy atom. The van der Waals surface area contributed by atoms with Gasteiger partial charge in [-0.15, -0.1) is 0 Å². The van der Waals surface area contributed by atoms with Crippen LogP contribution in [0.1, 0.15) is 19.3 Å². The van der Waals surface area contributed by atoms with E-state index in [1.165, 1.54) is 12.8 Å². The third kappa shape index (κ3) is 4.42. The molecule has 1 saturated heterocycles. The Balaban J connectivity index is 2.01. The minimum Gasteiger partial charge on any atom is -0.353 e. The fraction of sp³-hybridized carbons (Fsp3) is 0.778. The van der Waals surface area contributed by atoms with Crippen molar-refractivity contribution < 1.29 is 9.47 Å². The highest BCUT2D eigenvalue weighted by molar-refractivity contribution is 14.1. The largest absolute Gasteiger partial charge is 0.353 e. The molecule has 0 amide bonds. The number of hydrogen-bond acceptors (Lipinski definition) is 2. The maximum absolute atomic E-state index is 5.47. The van der Waals surface area contributed by atoms with Crippen LogP contribution < -0.4 is 0 Å². The smallest absolute Gasteiger partial charge is 0.157 e. The Labute approximate surface area is 87.5 Å². The van der Waals surface area contributed by atoms with Crippen LogP contribution >= 0.6 is 22.6 Å². The second kappa shape index (κ2) is 6.86. The first-order chi connectivity index (χ1) is 5.93. The first-order valence-electron chi connectivity index (χ1n) is 4.37. The van der Waals surface area contributed by atoms with E-state index in [2.05, 4.69) is 28.7 Å². The molecule has 1 aliphatic heterocycles. The third-order valence-electron chi connectivity index (χ3n) is 1.77. The van der Waals surface area contributed by atoms with Crippen molar-refractivity contribution in [2.45, 2.75) is 25.6 Å². The molecule has 3 heteroatoms. The normalized spacial score (nSPS) is 24.9. The number of alkyl halides is 1. The Hall–Kier alpha value is 0.390. The SMILES string of the molecule is IC/C=C/COC1CCCCO1. The minimum absolute atomic E-state index is 0.0533. The molecule has 1 aliphatic rings. The Bertz CT molecular complexity index is 130. The second-order valence-corrected chi connectivity index (χ2v) is 3.64. The van der Waals surface area contributed by atoms with Crippen LogP contribution in [0.15, 0.2) is 12.2 Å². The van der Waals surface area contributed by atoms with Crippen LogP contribution in [0.25, 0.3) is 0 Å². The molecule has 1 heterocycles. The van der Waals surface area contributed by atoms with Gasteiger partial charge in [0.1, 0.15) is 0 Å². The summed E-state index contributed by atoms with van der Waals surface area (Å²) in [7, 11) is 0. The molecule has 1 unspecified atom stereocenters. The van der Waals surface area contributed by atoms with Gasteiger partial charge < -0.3 is 9.47 Å². The summed E-state index contributed by atoms with van der Waals surface area (Å²) in [5, 5.41) is 0. The number of halogens is 1. The highest BCUT2D eigenvalue weighted by atomic mass is 127. The molecule has 0 bridgehead atoms. The van der Waals surface area contributed by atoms with Crippen molar-refractivity contribution in [3.05, 3.63) is 12.2 Å². The van der Waals surface area contributed by atoms with E-state index in [1.54, 1.807) is 0 Å². The fourth-order valence-electron chi connectivity index (χ4n) is 1.14. The maximum Gasteiger partial charge on any atom is 0.157 e. The molecule has 1 fully saturated rings. The zero-order valence-corrected chi connectivity index (χ0v) is 9.33. The van der Waals surface area contributed by atoms with Gasteiger partial charge in [-0.1, -0.05) is 34.7 Å². The summed E-state index contributed by atoms with van der Waals surface area (Å²) >= 11 is 2.31. The molecule has 0 N–H and O–H groups in total. The van der Waals surface area contributed by atoms with Crippen LogP contribution in [-0.2, 0) is 9.47 Å². The average Bonchev–Trinajstić information content (AvgIpc) is 2.14. The van der Waals surface area contributed by atoms with E-state index in [4.69, 9.17) is 9.47 Å². The number of allylic oxidation sites excluding steroid dienone is 1. The highest BCUT2D eigenvalue weighted by Gasteiger charge is 2.12. The lowest BCUT2D eigenvalue weighted by molar-refractivity contribution is -0.155. The maximum atomic E-state index is 5.47. The summed E-state index contributed by atoms with van der Waals surface area (Å²) in [4.78, 5) is 0. The van der Waals surface area contributed by atoms with Crippen molar-refractivity contribution in [2.24, 2.45) is 0 Å². The number of hydrogen-bond donors (Lipinski definition) is 0. The average molecular weight is 282 g/mol. The summed E-state index contributed by atoms with van der Waals surface area (Å²) < 4.78 is 11.9. The van der Waals surface area contributed by atoms with E-state index in [1.807, 2.05) is 6.08 Å². The molecular weight excluding hydrogens is 267 g/mol. The first kappa shape index (κ1) is 10.5. The lowest BCUT2D eigenvalue weighted by Crippen LogP contribution is -2.22. The zero-order chi connectivity index (χ0) is 8.65. The predicted molar refractivity (Wildman–Crippen MR) is 57.6 cm³/mol. The van der Waals surface area contributed by atoms with E-state index in [9.17, 15) is 0 Å². The molecule has 12 heavy (non-hydrogen) atoms. The Morgan fingerprint density at radius 1 is 1.42 bits per heavy atom. The van der Waals surface area contributed by atoms with Crippen molar-refractivity contribution in [3.8, 4) is 0 Å². The fourth-order valence-corrected chi connectivity index (χ4v) is 1.50. The van der Waals surface area contributed by atoms with Crippen molar-refractivity contribution in [3.63, 3.8) is 0 Å². The second-order valence-electron chi connectivity index (χ2n) is 2.76. The molecule has 1 rings (SSSR count). The standard InChI is InChI=1S/C9H15IO2/c10-6-2-4-8-12-9-5-1-3-7-11-9/h2,4,9H,1,3,5-8H2/b4-2+. The van der Waals surface area contributed by atoms with Crippen LogP contribution in [0.2, 0.25) is 0 Å². The van der Waals surface area contributed by atoms with Crippen molar-refractivity contribution in [2.75, 3.05) is 17.6 Å². The predicted octanol–water partition coefficient (Wildman–Crippen LogP) is 2.52. The van der Waals surface area contributed by atoms with Gasteiger partial charge in [0.15, 0.2) is 6.29 Å². The number of rotatable bonds is 4. The van der Waals surface area contributed by atoms with Gasteiger partial charge in [0.2, 0.25) is 0 Å². The summed E-state index contributed by atoms with van der Waals surface area (Å²) in [6.45, 7) is 1.55. The Morgan fingerprint density at radius 2 is 2.33 bits per heavy atom. The quantitative estimate of drug-likeness (QED) is 0.448. The van der Waals surface area contributed by atoms with Crippen LogP contribution in [0.5, 0.6) is 0 Å². The molecule has 0 aromatic rings. The van der Waals surface area contributed by atoms with Gasteiger partial charge in [-0.3, -0.25) is 0 Å². The van der Waals surface area contributed by atoms with Gasteiger partial charge in [-0.2, -0.15) is 0 Å². The zero-order valence-electron chi connectivity index (χ0n) is 7.17. The molecule has 2 nitrogen and oxygen atoms in total. The molecule has 70 valence electrons.